The Labute approximate surface area is 130 Å². The van der Waals surface area contributed by atoms with Crippen molar-refractivity contribution in [3.05, 3.63) is 29.6 Å². The maximum absolute atomic E-state index is 14.1. The summed E-state index contributed by atoms with van der Waals surface area (Å²) in [6.45, 7) is 3.18. The van der Waals surface area contributed by atoms with Gasteiger partial charge in [0, 0.05) is 7.11 Å². The molecule has 0 bridgehead atoms. The first kappa shape index (κ1) is 16.7. The van der Waals surface area contributed by atoms with Gasteiger partial charge in [-0.05, 0) is 45.0 Å². The van der Waals surface area contributed by atoms with E-state index in [0.29, 0.717) is 24.2 Å². The van der Waals surface area contributed by atoms with Crippen LogP contribution in [0.1, 0.15) is 31.4 Å². The number of carbonyl (C=O) groups excluding carboxylic acids is 1. The highest BCUT2D eigenvalue weighted by molar-refractivity contribution is 5.85. The number of nitrogens with one attached hydrogen (secondary N) is 2. The lowest BCUT2D eigenvalue weighted by Gasteiger charge is -2.35. The fraction of sp³-hybridized carbons (Fsp3) is 0.562. The largest absolute Gasteiger partial charge is 0.496 e. The minimum Gasteiger partial charge on any atom is -0.496 e. The minimum absolute atomic E-state index is 0.214. The van der Waals surface area contributed by atoms with Crippen LogP contribution >= 0.6 is 0 Å². The average Bonchev–Trinajstić information content (AvgIpc) is 2.54. The van der Waals surface area contributed by atoms with Crippen LogP contribution in [0, 0.1) is 5.82 Å². The van der Waals surface area contributed by atoms with Crippen molar-refractivity contribution in [1.82, 2.24) is 10.6 Å². The third-order valence-corrected chi connectivity index (χ3v) is 4.23. The second-order valence-corrected chi connectivity index (χ2v) is 5.50. The van der Waals surface area contributed by atoms with E-state index < -0.39 is 17.5 Å². The number of hydrogen-bond acceptors (Lipinski definition) is 4. The number of halogens is 1. The Kier molecular flexibility index (Phi) is 5.37. The second kappa shape index (κ2) is 7.07. The maximum Gasteiger partial charge on any atom is 0.252 e. The molecule has 1 heterocycles. The van der Waals surface area contributed by atoms with Crippen LogP contribution in [0.25, 0.3) is 0 Å². The van der Waals surface area contributed by atoms with Gasteiger partial charge in [0.05, 0.1) is 18.7 Å². The van der Waals surface area contributed by atoms with Crippen molar-refractivity contribution < 1.29 is 18.7 Å². The van der Waals surface area contributed by atoms with E-state index in [1.165, 1.54) is 13.2 Å². The smallest absolute Gasteiger partial charge is 0.252 e. The molecule has 6 heteroatoms. The molecule has 1 atom stereocenters. The first-order valence-corrected chi connectivity index (χ1v) is 7.43. The molecule has 1 aliphatic rings. The van der Waals surface area contributed by atoms with Crippen LogP contribution in [-0.4, -0.2) is 38.8 Å². The van der Waals surface area contributed by atoms with E-state index in [0.717, 1.165) is 13.1 Å². The quantitative estimate of drug-likeness (QED) is 0.870. The van der Waals surface area contributed by atoms with Crippen LogP contribution in [0.4, 0.5) is 4.39 Å². The van der Waals surface area contributed by atoms with E-state index in [1.807, 2.05) is 0 Å². The molecule has 1 unspecified atom stereocenters. The first-order valence-electron chi connectivity index (χ1n) is 7.43. The fourth-order valence-corrected chi connectivity index (χ4v) is 2.87. The molecular weight excluding hydrogens is 287 g/mol. The molecule has 5 nitrogen and oxygen atoms in total. The molecule has 0 aromatic heterocycles. The number of piperidine rings is 1. The van der Waals surface area contributed by atoms with Gasteiger partial charge in [0.1, 0.15) is 17.2 Å². The van der Waals surface area contributed by atoms with E-state index in [-0.39, 0.29) is 5.91 Å². The number of benzene rings is 1. The summed E-state index contributed by atoms with van der Waals surface area (Å²) < 4.78 is 24.8. The van der Waals surface area contributed by atoms with E-state index in [9.17, 15) is 9.18 Å². The van der Waals surface area contributed by atoms with Crippen molar-refractivity contribution in [1.29, 1.82) is 0 Å². The third kappa shape index (κ3) is 3.23. The van der Waals surface area contributed by atoms with E-state index >= 15 is 0 Å². The number of rotatable bonds is 5. The fourth-order valence-electron chi connectivity index (χ4n) is 2.87. The predicted molar refractivity (Wildman–Crippen MR) is 81.4 cm³/mol. The lowest BCUT2D eigenvalue weighted by atomic mass is 9.90. The van der Waals surface area contributed by atoms with Crippen LogP contribution in [0.3, 0.4) is 0 Å². The molecule has 122 valence electrons. The average molecular weight is 310 g/mol. The molecule has 1 amide bonds. The van der Waals surface area contributed by atoms with Crippen molar-refractivity contribution in [3.8, 4) is 5.75 Å². The summed E-state index contributed by atoms with van der Waals surface area (Å²) in [7, 11) is 3.02. The molecule has 0 aliphatic carbocycles. The zero-order valence-electron chi connectivity index (χ0n) is 13.2. The molecule has 1 aromatic rings. The lowest BCUT2D eigenvalue weighted by molar-refractivity contribution is -0.147. The third-order valence-electron chi connectivity index (χ3n) is 4.23. The molecule has 2 rings (SSSR count). The van der Waals surface area contributed by atoms with Crippen LogP contribution in [0.5, 0.6) is 5.75 Å². The number of methoxy groups -OCH3 is 2. The van der Waals surface area contributed by atoms with Crippen LogP contribution < -0.4 is 15.4 Å². The molecular formula is C16H23FN2O3. The van der Waals surface area contributed by atoms with Crippen molar-refractivity contribution in [2.45, 2.75) is 31.4 Å². The van der Waals surface area contributed by atoms with Crippen LogP contribution in [0.15, 0.2) is 18.2 Å². The van der Waals surface area contributed by atoms with E-state index in [4.69, 9.17) is 9.47 Å². The molecule has 22 heavy (non-hydrogen) atoms. The summed E-state index contributed by atoms with van der Waals surface area (Å²) in [5, 5.41) is 6.06. The molecule has 1 saturated heterocycles. The minimum atomic E-state index is -0.849. The Morgan fingerprint density at radius 2 is 2.05 bits per heavy atom. The molecule has 2 N–H and O–H groups in total. The van der Waals surface area contributed by atoms with Gasteiger partial charge >= 0.3 is 0 Å². The van der Waals surface area contributed by atoms with Crippen molar-refractivity contribution in [2.75, 3.05) is 27.3 Å². The second-order valence-electron chi connectivity index (χ2n) is 5.50. The van der Waals surface area contributed by atoms with Gasteiger partial charge in [0.25, 0.3) is 5.91 Å². The summed E-state index contributed by atoms with van der Waals surface area (Å²) >= 11 is 0. The summed E-state index contributed by atoms with van der Waals surface area (Å²) in [4.78, 5) is 12.6. The van der Waals surface area contributed by atoms with Gasteiger partial charge in [-0.25, -0.2) is 4.39 Å². The number of ether oxygens (including phenoxy) is 2. The highest BCUT2D eigenvalue weighted by atomic mass is 19.1. The normalized spacial score (nSPS) is 18.5. The summed E-state index contributed by atoms with van der Waals surface area (Å²) in [6.07, 6.45) is 1.19. The van der Waals surface area contributed by atoms with Gasteiger partial charge in [0.2, 0.25) is 0 Å². The van der Waals surface area contributed by atoms with E-state index in [2.05, 4.69) is 10.6 Å². The van der Waals surface area contributed by atoms with Crippen LogP contribution in [-0.2, 0) is 9.53 Å². The van der Waals surface area contributed by atoms with Gasteiger partial charge in [-0.2, -0.15) is 0 Å². The maximum atomic E-state index is 14.1. The SMILES string of the molecule is COc1cccc(F)c1C(C)NC(=O)C1(OC)CCNCC1. The molecule has 0 spiro atoms. The number of carbonyl (C=O) groups is 1. The topological polar surface area (TPSA) is 59.6 Å². The highest BCUT2D eigenvalue weighted by Gasteiger charge is 2.40. The number of amides is 1. The van der Waals surface area contributed by atoms with Gasteiger partial charge < -0.3 is 20.1 Å². The molecule has 1 aromatic carbocycles. The Bertz CT molecular complexity index is 530. The highest BCUT2D eigenvalue weighted by Crippen LogP contribution is 2.29. The Balaban J connectivity index is 2.17. The first-order chi connectivity index (χ1) is 10.5. The monoisotopic (exact) mass is 310 g/mol. The molecule has 0 radical (unpaired) electrons. The van der Waals surface area contributed by atoms with E-state index in [1.54, 1.807) is 26.2 Å². The standard InChI is InChI=1S/C16H23FN2O3/c1-11(14-12(17)5-4-6-13(14)21-2)19-15(20)16(22-3)7-9-18-10-8-16/h4-6,11,18H,7-10H2,1-3H3,(H,19,20). The van der Waals surface area contributed by atoms with Gasteiger partial charge in [0.15, 0.2) is 0 Å². The predicted octanol–water partition coefficient (Wildman–Crippen LogP) is 1.78. The Hall–Kier alpha value is -1.66. The molecule has 0 saturated carbocycles. The molecule has 1 aliphatic heterocycles. The summed E-state index contributed by atoms with van der Waals surface area (Å²) in [5.41, 5.74) is -0.503. The zero-order valence-corrected chi connectivity index (χ0v) is 13.2. The summed E-state index contributed by atoms with van der Waals surface area (Å²) in [5.74, 6) is -0.192. The van der Waals surface area contributed by atoms with Gasteiger partial charge in [-0.3, -0.25) is 4.79 Å². The Morgan fingerprint density at radius 3 is 2.64 bits per heavy atom. The Morgan fingerprint density at radius 1 is 1.36 bits per heavy atom. The van der Waals surface area contributed by atoms with Crippen molar-refractivity contribution in [3.63, 3.8) is 0 Å². The summed E-state index contributed by atoms with van der Waals surface area (Å²) in [6, 6.07) is 4.11. The van der Waals surface area contributed by atoms with Crippen LogP contribution in [0.2, 0.25) is 0 Å². The lowest BCUT2D eigenvalue weighted by Crippen LogP contribution is -2.54. The van der Waals surface area contributed by atoms with Crippen molar-refractivity contribution in [2.24, 2.45) is 0 Å². The number of hydrogen-bond donors (Lipinski definition) is 2. The molecule has 1 fully saturated rings. The van der Waals surface area contributed by atoms with Gasteiger partial charge in [-0.1, -0.05) is 6.07 Å². The van der Waals surface area contributed by atoms with Crippen molar-refractivity contribution >= 4 is 5.91 Å². The van der Waals surface area contributed by atoms with Gasteiger partial charge in [-0.15, -0.1) is 0 Å². The zero-order chi connectivity index (χ0) is 16.2.